The summed E-state index contributed by atoms with van der Waals surface area (Å²) in [5.74, 6) is 0. The molecule has 0 saturated carbocycles. The molecule has 0 unspecified atom stereocenters. The Balaban J connectivity index is 0.000000640. The van der Waals surface area contributed by atoms with Gasteiger partial charge >= 0.3 is 0 Å². The summed E-state index contributed by atoms with van der Waals surface area (Å²) in [6.07, 6.45) is 1.73. The summed E-state index contributed by atoms with van der Waals surface area (Å²) in [7, 11) is 0. The molecule has 0 saturated heterocycles. The Morgan fingerprint density at radius 2 is 2.22 bits per heavy atom. The summed E-state index contributed by atoms with van der Waals surface area (Å²) in [5.41, 5.74) is 7.11. The fourth-order valence-corrected chi connectivity index (χ4v) is 0.497. The highest BCUT2D eigenvalue weighted by atomic mass is 35.5. The van der Waals surface area contributed by atoms with E-state index in [0.717, 1.165) is 11.4 Å². The monoisotopic (exact) mass is 144 g/mol. The van der Waals surface area contributed by atoms with Crippen LogP contribution in [0.3, 0.4) is 0 Å². The predicted molar refractivity (Wildman–Crippen MR) is 40.6 cm³/mol. The van der Waals surface area contributed by atoms with Crippen LogP contribution >= 0.6 is 12.4 Å². The molecule has 3 heteroatoms. The molecule has 0 aromatic carbocycles. The molecule has 9 heavy (non-hydrogen) atoms. The van der Waals surface area contributed by atoms with Gasteiger partial charge in [-0.15, -0.1) is 12.4 Å². The smallest absolute Gasteiger partial charge is 0.0601 e. The van der Waals surface area contributed by atoms with Gasteiger partial charge in [0.2, 0.25) is 0 Å². The fourth-order valence-electron chi connectivity index (χ4n) is 0.497. The molecule has 1 aromatic rings. The highest BCUT2D eigenvalue weighted by Crippen LogP contribution is 2.02. The van der Waals surface area contributed by atoms with Crippen molar-refractivity contribution in [1.29, 1.82) is 0 Å². The van der Waals surface area contributed by atoms with Gasteiger partial charge in [0, 0.05) is 6.20 Å². The van der Waals surface area contributed by atoms with E-state index in [9.17, 15) is 0 Å². The lowest BCUT2D eigenvalue weighted by atomic mass is 10.3. The maximum atomic E-state index is 5.46. The number of nitrogen functional groups attached to an aromatic ring is 1. The summed E-state index contributed by atoms with van der Waals surface area (Å²) in [6.45, 7) is 1.88. The van der Waals surface area contributed by atoms with Crippen LogP contribution in [0.2, 0.25) is 0 Å². The Labute approximate surface area is 60.5 Å². The first-order chi connectivity index (χ1) is 3.80. The van der Waals surface area contributed by atoms with Crippen molar-refractivity contribution in [2.24, 2.45) is 0 Å². The molecule has 0 bridgehead atoms. The van der Waals surface area contributed by atoms with Crippen LogP contribution in [0.4, 0.5) is 5.69 Å². The van der Waals surface area contributed by atoms with Crippen LogP contribution in [-0.2, 0) is 0 Å². The fraction of sp³-hybridized carbons (Fsp3) is 0.167. The van der Waals surface area contributed by atoms with Crippen LogP contribution in [0.1, 0.15) is 5.69 Å². The Kier molecular flexibility index (Phi) is 3.02. The van der Waals surface area contributed by atoms with Crippen molar-refractivity contribution >= 4 is 18.1 Å². The maximum Gasteiger partial charge on any atom is 0.0601 e. The molecule has 1 aromatic heterocycles. The van der Waals surface area contributed by atoms with Gasteiger partial charge in [0.05, 0.1) is 11.4 Å². The number of aryl methyl sites for hydroxylation is 1. The summed E-state index contributed by atoms with van der Waals surface area (Å²) >= 11 is 0. The van der Waals surface area contributed by atoms with Crippen molar-refractivity contribution in [1.82, 2.24) is 4.98 Å². The average molecular weight is 145 g/mol. The predicted octanol–water partition coefficient (Wildman–Crippen LogP) is 1.39. The van der Waals surface area contributed by atoms with Crippen molar-refractivity contribution < 1.29 is 0 Å². The Morgan fingerprint density at radius 1 is 1.56 bits per heavy atom. The van der Waals surface area contributed by atoms with Gasteiger partial charge in [0.1, 0.15) is 0 Å². The maximum absolute atomic E-state index is 5.46. The molecule has 2 N–H and O–H groups in total. The number of rotatable bonds is 0. The third-order valence-electron chi connectivity index (χ3n) is 1.05. The van der Waals surface area contributed by atoms with Crippen LogP contribution in [0.5, 0.6) is 0 Å². The van der Waals surface area contributed by atoms with Gasteiger partial charge in [0.15, 0.2) is 0 Å². The van der Waals surface area contributed by atoms with Crippen molar-refractivity contribution in [3.05, 3.63) is 24.0 Å². The molecule has 0 fully saturated rings. The van der Waals surface area contributed by atoms with Gasteiger partial charge in [-0.3, -0.25) is 4.98 Å². The minimum atomic E-state index is 0. The standard InChI is InChI=1S/C6H8N2.ClH/c1-5-6(7)3-2-4-8-5;/h2-4H,7H2,1H3;1H. The molecule has 2 nitrogen and oxygen atoms in total. The van der Waals surface area contributed by atoms with Crippen LogP contribution in [0.15, 0.2) is 18.3 Å². The Hall–Kier alpha value is -0.760. The number of hydrogen-bond donors (Lipinski definition) is 1. The second kappa shape index (κ2) is 3.30. The molecule has 0 aliphatic carbocycles. The SMILES string of the molecule is Cc1ncccc1N.Cl. The zero-order valence-electron chi connectivity index (χ0n) is 5.16. The van der Waals surface area contributed by atoms with Gasteiger partial charge in [-0.2, -0.15) is 0 Å². The summed E-state index contributed by atoms with van der Waals surface area (Å²) in [6, 6.07) is 3.66. The third-order valence-corrected chi connectivity index (χ3v) is 1.05. The number of halogens is 1. The summed E-state index contributed by atoms with van der Waals surface area (Å²) in [5, 5.41) is 0. The molecular weight excluding hydrogens is 136 g/mol. The van der Waals surface area contributed by atoms with Gasteiger partial charge in [-0.1, -0.05) is 0 Å². The van der Waals surface area contributed by atoms with Crippen molar-refractivity contribution in [3.63, 3.8) is 0 Å². The molecule has 0 aliphatic rings. The number of pyridine rings is 1. The Morgan fingerprint density at radius 3 is 2.56 bits per heavy atom. The lowest BCUT2D eigenvalue weighted by Gasteiger charge is -1.92. The topological polar surface area (TPSA) is 38.9 Å². The molecule has 0 aliphatic heterocycles. The van der Waals surface area contributed by atoms with E-state index in [1.807, 2.05) is 19.1 Å². The van der Waals surface area contributed by atoms with E-state index >= 15 is 0 Å². The molecular formula is C6H9ClN2. The van der Waals surface area contributed by atoms with Gasteiger partial charge < -0.3 is 5.73 Å². The number of aromatic nitrogens is 1. The Bertz CT molecular complexity index is 167. The van der Waals surface area contributed by atoms with E-state index in [4.69, 9.17) is 5.73 Å². The van der Waals surface area contributed by atoms with Crippen molar-refractivity contribution in [3.8, 4) is 0 Å². The molecule has 0 spiro atoms. The molecule has 1 heterocycles. The molecule has 50 valence electrons. The quantitative estimate of drug-likeness (QED) is 0.598. The largest absolute Gasteiger partial charge is 0.397 e. The molecule has 0 radical (unpaired) electrons. The third kappa shape index (κ3) is 1.90. The summed E-state index contributed by atoms with van der Waals surface area (Å²) in [4.78, 5) is 3.95. The second-order valence-electron chi connectivity index (χ2n) is 1.68. The van der Waals surface area contributed by atoms with E-state index in [1.54, 1.807) is 6.20 Å². The van der Waals surface area contributed by atoms with E-state index in [-0.39, 0.29) is 12.4 Å². The van der Waals surface area contributed by atoms with E-state index in [2.05, 4.69) is 4.98 Å². The molecule has 1 rings (SSSR count). The van der Waals surface area contributed by atoms with Crippen molar-refractivity contribution in [2.75, 3.05) is 5.73 Å². The van der Waals surface area contributed by atoms with Gasteiger partial charge in [0.25, 0.3) is 0 Å². The van der Waals surface area contributed by atoms with E-state index < -0.39 is 0 Å². The lowest BCUT2D eigenvalue weighted by Crippen LogP contribution is -1.89. The van der Waals surface area contributed by atoms with Crippen LogP contribution in [-0.4, -0.2) is 4.98 Å². The lowest BCUT2D eigenvalue weighted by molar-refractivity contribution is 1.21. The van der Waals surface area contributed by atoms with Crippen LogP contribution < -0.4 is 5.73 Å². The first-order valence-corrected chi connectivity index (χ1v) is 2.48. The van der Waals surface area contributed by atoms with Crippen molar-refractivity contribution in [2.45, 2.75) is 6.92 Å². The number of nitrogens with two attached hydrogens (primary N) is 1. The number of nitrogens with zero attached hydrogens (tertiary/aromatic N) is 1. The minimum Gasteiger partial charge on any atom is -0.397 e. The van der Waals surface area contributed by atoms with E-state index in [0.29, 0.717) is 0 Å². The van der Waals surface area contributed by atoms with Gasteiger partial charge in [-0.25, -0.2) is 0 Å². The second-order valence-corrected chi connectivity index (χ2v) is 1.68. The minimum absolute atomic E-state index is 0. The zero-order valence-corrected chi connectivity index (χ0v) is 5.98. The highest BCUT2D eigenvalue weighted by molar-refractivity contribution is 5.85. The average Bonchev–Trinajstić information content (AvgIpc) is 1.77. The first kappa shape index (κ1) is 8.24. The highest BCUT2D eigenvalue weighted by Gasteiger charge is 1.86. The summed E-state index contributed by atoms with van der Waals surface area (Å²) < 4.78 is 0. The number of anilines is 1. The van der Waals surface area contributed by atoms with Crippen LogP contribution in [0.25, 0.3) is 0 Å². The van der Waals surface area contributed by atoms with Crippen LogP contribution in [0, 0.1) is 6.92 Å². The first-order valence-electron chi connectivity index (χ1n) is 2.48. The molecule has 0 atom stereocenters. The normalized spacial score (nSPS) is 8.11. The zero-order chi connectivity index (χ0) is 5.98. The van der Waals surface area contributed by atoms with E-state index in [1.165, 1.54) is 0 Å². The number of hydrogen-bond acceptors (Lipinski definition) is 2. The van der Waals surface area contributed by atoms with Gasteiger partial charge in [-0.05, 0) is 19.1 Å². The molecule has 0 amide bonds.